The first-order valence-corrected chi connectivity index (χ1v) is 11.6. The van der Waals surface area contributed by atoms with E-state index >= 15 is 0 Å². The maximum absolute atomic E-state index is 11.2. The number of fused-ring (bicyclic) bond motifs is 5. The summed E-state index contributed by atoms with van der Waals surface area (Å²) in [5, 5.41) is 11.2. The summed E-state index contributed by atoms with van der Waals surface area (Å²) >= 11 is 0. The molecule has 0 amide bonds. The molecular weight excluding hydrogens is 320 g/mol. The van der Waals surface area contributed by atoms with E-state index in [9.17, 15) is 5.11 Å². The van der Waals surface area contributed by atoms with Crippen LogP contribution in [0.5, 0.6) is 0 Å². The maximum atomic E-state index is 11.2. The minimum absolute atomic E-state index is 0.356. The standard InChI is InChI=1S/C24H42O2/c1-5-6-12-24(25)15-14-22(2)17(16-24)7-8-18-19-9-10-21(26-4)23(19,3)13-11-20(18)22/h17-21,25H,5-16H2,1-4H3/t17-,18+,19+,20+,21+,22+,23+,24-/m1/s1. The van der Waals surface area contributed by atoms with Crippen LogP contribution in [0.15, 0.2) is 0 Å². The third-order valence-electron chi connectivity index (χ3n) is 10.0. The van der Waals surface area contributed by atoms with E-state index in [0.29, 0.717) is 16.9 Å². The summed E-state index contributed by atoms with van der Waals surface area (Å²) in [7, 11) is 1.93. The lowest BCUT2D eigenvalue weighted by Gasteiger charge is -2.62. The smallest absolute Gasteiger partial charge is 0.0650 e. The van der Waals surface area contributed by atoms with Crippen molar-refractivity contribution in [3.8, 4) is 0 Å². The maximum Gasteiger partial charge on any atom is 0.0650 e. The van der Waals surface area contributed by atoms with E-state index in [0.717, 1.165) is 42.9 Å². The van der Waals surface area contributed by atoms with E-state index in [2.05, 4.69) is 20.8 Å². The van der Waals surface area contributed by atoms with Gasteiger partial charge in [-0.05, 0) is 98.7 Å². The number of methoxy groups -OCH3 is 1. The second-order valence-corrected chi connectivity index (χ2v) is 11.0. The summed E-state index contributed by atoms with van der Waals surface area (Å²) in [5.41, 5.74) is 0.550. The molecule has 0 spiro atoms. The van der Waals surface area contributed by atoms with Crippen LogP contribution < -0.4 is 0 Å². The number of hydrogen-bond acceptors (Lipinski definition) is 2. The van der Waals surface area contributed by atoms with Crippen LogP contribution in [0.3, 0.4) is 0 Å². The Morgan fingerprint density at radius 3 is 2.42 bits per heavy atom. The molecule has 4 rings (SSSR count). The minimum Gasteiger partial charge on any atom is -0.390 e. The number of unbranched alkanes of at least 4 members (excludes halogenated alkanes) is 1. The van der Waals surface area contributed by atoms with Crippen molar-refractivity contribution in [2.24, 2.45) is 34.5 Å². The molecule has 2 heteroatoms. The Kier molecular flexibility index (Phi) is 5.01. The zero-order valence-corrected chi connectivity index (χ0v) is 17.7. The van der Waals surface area contributed by atoms with Crippen LogP contribution in [0.1, 0.15) is 97.8 Å². The van der Waals surface area contributed by atoms with Gasteiger partial charge in [0.15, 0.2) is 0 Å². The zero-order valence-electron chi connectivity index (χ0n) is 17.7. The fourth-order valence-electron chi connectivity index (χ4n) is 8.39. The van der Waals surface area contributed by atoms with Gasteiger partial charge in [-0.2, -0.15) is 0 Å². The quantitative estimate of drug-likeness (QED) is 0.668. The molecule has 0 bridgehead atoms. The normalized spacial score (nSPS) is 53.7. The predicted octanol–water partition coefficient (Wildman–Crippen LogP) is 5.97. The summed E-state index contributed by atoms with van der Waals surface area (Å²) in [6.07, 6.45) is 15.5. The van der Waals surface area contributed by atoms with Crippen molar-refractivity contribution >= 4 is 0 Å². The van der Waals surface area contributed by atoms with Crippen LogP contribution >= 0.6 is 0 Å². The Bertz CT molecular complexity index is 518. The molecule has 0 aliphatic heterocycles. The molecule has 4 aliphatic carbocycles. The first-order valence-electron chi connectivity index (χ1n) is 11.6. The zero-order chi connectivity index (χ0) is 18.6. The van der Waals surface area contributed by atoms with Gasteiger partial charge in [0.2, 0.25) is 0 Å². The first kappa shape index (κ1) is 19.2. The van der Waals surface area contributed by atoms with Gasteiger partial charge in [-0.1, -0.05) is 33.6 Å². The largest absolute Gasteiger partial charge is 0.390 e. The minimum atomic E-state index is -0.356. The second kappa shape index (κ2) is 6.76. The van der Waals surface area contributed by atoms with Gasteiger partial charge in [-0.3, -0.25) is 0 Å². The number of aliphatic hydroxyl groups is 1. The van der Waals surface area contributed by atoms with Gasteiger partial charge in [0.25, 0.3) is 0 Å². The lowest BCUT2D eigenvalue weighted by atomic mass is 9.44. The van der Waals surface area contributed by atoms with Crippen LogP contribution in [0.2, 0.25) is 0 Å². The molecule has 26 heavy (non-hydrogen) atoms. The van der Waals surface area contributed by atoms with Crippen molar-refractivity contribution in [2.45, 2.75) is 110 Å². The van der Waals surface area contributed by atoms with Crippen LogP contribution in [0.4, 0.5) is 0 Å². The highest BCUT2D eigenvalue weighted by Gasteiger charge is 2.61. The molecule has 0 aromatic carbocycles. The fraction of sp³-hybridized carbons (Fsp3) is 1.00. The van der Waals surface area contributed by atoms with E-state index in [1.165, 1.54) is 57.8 Å². The van der Waals surface area contributed by atoms with E-state index in [1.54, 1.807) is 0 Å². The third-order valence-corrected chi connectivity index (χ3v) is 10.0. The SMILES string of the molecule is CCCC[C@@]1(O)CC[C@@]2(C)[C@H](CC[C@@H]3[C@@H]2CC[C@]2(C)[C@@H](OC)CC[C@@H]32)C1. The van der Waals surface area contributed by atoms with E-state index in [1.807, 2.05) is 7.11 Å². The summed E-state index contributed by atoms with van der Waals surface area (Å²) in [6, 6.07) is 0. The summed E-state index contributed by atoms with van der Waals surface area (Å²) in [4.78, 5) is 0. The highest BCUT2D eigenvalue weighted by molar-refractivity contribution is 5.10. The molecule has 0 saturated heterocycles. The highest BCUT2D eigenvalue weighted by atomic mass is 16.5. The van der Waals surface area contributed by atoms with Crippen LogP contribution in [0.25, 0.3) is 0 Å². The molecule has 4 fully saturated rings. The molecule has 150 valence electrons. The van der Waals surface area contributed by atoms with Crippen molar-refractivity contribution in [1.82, 2.24) is 0 Å². The molecule has 0 unspecified atom stereocenters. The van der Waals surface area contributed by atoms with E-state index < -0.39 is 0 Å². The number of hydrogen-bond donors (Lipinski definition) is 1. The van der Waals surface area contributed by atoms with E-state index in [4.69, 9.17) is 4.74 Å². The molecule has 0 aromatic heterocycles. The predicted molar refractivity (Wildman–Crippen MR) is 107 cm³/mol. The highest BCUT2D eigenvalue weighted by Crippen LogP contribution is 2.67. The number of ether oxygens (including phenoxy) is 1. The molecule has 2 nitrogen and oxygen atoms in total. The molecule has 0 heterocycles. The molecule has 0 aromatic rings. The van der Waals surface area contributed by atoms with Crippen LogP contribution in [-0.2, 0) is 4.74 Å². The van der Waals surface area contributed by atoms with Gasteiger partial charge >= 0.3 is 0 Å². The van der Waals surface area contributed by atoms with Gasteiger partial charge in [-0.25, -0.2) is 0 Å². The molecule has 1 N–H and O–H groups in total. The monoisotopic (exact) mass is 362 g/mol. The van der Waals surface area contributed by atoms with Crippen LogP contribution in [-0.4, -0.2) is 23.9 Å². The van der Waals surface area contributed by atoms with Crippen molar-refractivity contribution in [1.29, 1.82) is 0 Å². The molecule has 8 atom stereocenters. The first-order chi connectivity index (χ1) is 12.4. The van der Waals surface area contributed by atoms with Crippen molar-refractivity contribution < 1.29 is 9.84 Å². The summed E-state index contributed by atoms with van der Waals surface area (Å²) in [5.74, 6) is 3.44. The van der Waals surface area contributed by atoms with Crippen LogP contribution in [0, 0.1) is 34.5 Å². The molecule has 0 radical (unpaired) electrons. The lowest BCUT2D eigenvalue weighted by molar-refractivity contribution is -0.158. The molecule has 4 aliphatic rings. The Hall–Kier alpha value is -0.0800. The van der Waals surface area contributed by atoms with Gasteiger partial charge in [0, 0.05) is 7.11 Å². The Morgan fingerprint density at radius 1 is 0.923 bits per heavy atom. The summed E-state index contributed by atoms with van der Waals surface area (Å²) < 4.78 is 5.93. The average molecular weight is 363 g/mol. The Balaban J connectivity index is 1.52. The van der Waals surface area contributed by atoms with Crippen molar-refractivity contribution in [3.63, 3.8) is 0 Å². The molecular formula is C24H42O2. The van der Waals surface area contributed by atoms with Gasteiger partial charge in [0.1, 0.15) is 0 Å². The van der Waals surface area contributed by atoms with Gasteiger partial charge in [-0.15, -0.1) is 0 Å². The topological polar surface area (TPSA) is 29.5 Å². The Labute approximate surface area is 161 Å². The molecule has 4 saturated carbocycles. The van der Waals surface area contributed by atoms with Gasteiger partial charge < -0.3 is 9.84 Å². The van der Waals surface area contributed by atoms with Gasteiger partial charge in [0.05, 0.1) is 11.7 Å². The summed E-state index contributed by atoms with van der Waals surface area (Å²) in [6.45, 7) is 7.39. The average Bonchev–Trinajstić information content (AvgIpc) is 2.97. The van der Waals surface area contributed by atoms with Crippen molar-refractivity contribution in [2.75, 3.05) is 7.11 Å². The Morgan fingerprint density at radius 2 is 1.69 bits per heavy atom. The number of rotatable bonds is 4. The van der Waals surface area contributed by atoms with Crippen molar-refractivity contribution in [3.05, 3.63) is 0 Å². The lowest BCUT2D eigenvalue weighted by Crippen LogP contribution is -2.56. The second-order valence-electron chi connectivity index (χ2n) is 11.0. The van der Waals surface area contributed by atoms with E-state index in [-0.39, 0.29) is 5.60 Å². The third kappa shape index (κ3) is 2.81. The fourth-order valence-corrected chi connectivity index (χ4v) is 8.39.